The molecular formula is C15H9ClF2N4O3. The fourth-order valence-corrected chi connectivity index (χ4v) is 2.45. The van der Waals surface area contributed by atoms with E-state index in [1.807, 2.05) is 0 Å². The summed E-state index contributed by atoms with van der Waals surface area (Å²) in [6, 6.07) is 5.70. The lowest BCUT2D eigenvalue weighted by Crippen LogP contribution is -2.18. The number of fused-ring (bicyclic) bond motifs is 1. The van der Waals surface area contributed by atoms with Crippen LogP contribution in [0.1, 0.15) is 0 Å². The Hall–Kier alpha value is -3.07. The number of carbonyl (C=O) groups excluding carboxylic acids is 1. The zero-order valence-electron chi connectivity index (χ0n) is 12.4. The van der Waals surface area contributed by atoms with E-state index in [0.717, 1.165) is 18.2 Å². The molecule has 0 aliphatic heterocycles. The minimum Gasteiger partial charge on any atom is -0.324 e. The number of nitro groups is 1. The van der Waals surface area contributed by atoms with Gasteiger partial charge in [-0.2, -0.15) is 0 Å². The first-order valence-electron chi connectivity index (χ1n) is 6.89. The summed E-state index contributed by atoms with van der Waals surface area (Å²) < 4.78 is 27.9. The SMILES string of the molecule is O=C(Cn1cnc2cc(F)c(F)cc21)Nc1ccc(Cl)c([N+](=O)[O-])c1. The van der Waals surface area contributed by atoms with Crippen LogP contribution in [0.25, 0.3) is 11.0 Å². The quantitative estimate of drug-likeness (QED) is 0.565. The first-order chi connectivity index (χ1) is 11.8. The van der Waals surface area contributed by atoms with Gasteiger partial charge in [-0.25, -0.2) is 13.8 Å². The molecule has 0 saturated heterocycles. The first-order valence-corrected chi connectivity index (χ1v) is 7.26. The number of rotatable bonds is 4. The molecule has 0 spiro atoms. The van der Waals surface area contributed by atoms with Crippen LogP contribution in [0.4, 0.5) is 20.2 Å². The normalized spacial score (nSPS) is 10.8. The van der Waals surface area contributed by atoms with Crippen molar-refractivity contribution in [1.29, 1.82) is 0 Å². The molecule has 0 aliphatic carbocycles. The van der Waals surface area contributed by atoms with Crippen molar-refractivity contribution in [3.8, 4) is 0 Å². The second-order valence-corrected chi connectivity index (χ2v) is 5.51. The van der Waals surface area contributed by atoms with Crippen molar-refractivity contribution in [2.24, 2.45) is 0 Å². The highest BCUT2D eigenvalue weighted by atomic mass is 35.5. The maximum absolute atomic E-state index is 13.4. The number of aromatic nitrogens is 2. The van der Waals surface area contributed by atoms with Crippen molar-refractivity contribution in [3.05, 3.63) is 63.4 Å². The molecule has 0 atom stereocenters. The van der Waals surface area contributed by atoms with Crippen molar-refractivity contribution in [3.63, 3.8) is 0 Å². The Balaban J connectivity index is 1.80. The lowest BCUT2D eigenvalue weighted by molar-refractivity contribution is -0.384. The van der Waals surface area contributed by atoms with Gasteiger partial charge < -0.3 is 9.88 Å². The van der Waals surface area contributed by atoms with Gasteiger partial charge in [0.1, 0.15) is 11.6 Å². The van der Waals surface area contributed by atoms with Gasteiger partial charge in [-0.05, 0) is 12.1 Å². The smallest absolute Gasteiger partial charge is 0.289 e. The number of amides is 1. The molecule has 0 unspecified atom stereocenters. The second-order valence-electron chi connectivity index (χ2n) is 5.10. The highest BCUT2D eigenvalue weighted by molar-refractivity contribution is 6.32. The van der Waals surface area contributed by atoms with Gasteiger partial charge in [0, 0.05) is 23.9 Å². The Morgan fingerprint density at radius 2 is 2.00 bits per heavy atom. The second kappa shape index (κ2) is 6.44. The van der Waals surface area contributed by atoms with Crippen LogP contribution in [0.5, 0.6) is 0 Å². The van der Waals surface area contributed by atoms with Gasteiger partial charge in [-0.3, -0.25) is 14.9 Å². The van der Waals surface area contributed by atoms with E-state index >= 15 is 0 Å². The van der Waals surface area contributed by atoms with Gasteiger partial charge in [0.15, 0.2) is 11.6 Å². The number of nitro benzene ring substituents is 1. The average Bonchev–Trinajstić information content (AvgIpc) is 2.91. The van der Waals surface area contributed by atoms with Crippen LogP contribution < -0.4 is 5.32 Å². The van der Waals surface area contributed by atoms with E-state index in [1.165, 1.54) is 23.0 Å². The molecule has 1 heterocycles. The molecule has 3 rings (SSSR count). The van der Waals surface area contributed by atoms with Crippen LogP contribution in [0.3, 0.4) is 0 Å². The third kappa shape index (κ3) is 3.41. The van der Waals surface area contributed by atoms with Gasteiger partial charge in [-0.1, -0.05) is 11.6 Å². The summed E-state index contributed by atoms with van der Waals surface area (Å²) in [5.74, 6) is -2.61. The van der Waals surface area contributed by atoms with E-state index in [2.05, 4.69) is 10.3 Å². The maximum atomic E-state index is 13.4. The Labute approximate surface area is 144 Å². The molecule has 1 amide bonds. The average molecular weight is 367 g/mol. The lowest BCUT2D eigenvalue weighted by Gasteiger charge is -2.07. The van der Waals surface area contributed by atoms with E-state index in [0.29, 0.717) is 0 Å². The Morgan fingerprint density at radius 3 is 2.72 bits per heavy atom. The summed E-state index contributed by atoms with van der Waals surface area (Å²) in [6.07, 6.45) is 1.27. The molecule has 0 bridgehead atoms. The minimum absolute atomic E-state index is 0.0545. The first kappa shape index (κ1) is 16.8. The number of nitrogens with zero attached hydrogens (tertiary/aromatic N) is 3. The summed E-state index contributed by atoms with van der Waals surface area (Å²) in [5.41, 5.74) is 0.290. The monoisotopic (exact) mass is 366 g/mol. The summed E-state index contributed by atoms with van der Waals surface area (Å²) >= 11 is 5.70. The lowest BCUT2D eigenvalue weighted by atomic mass is 10.2. The van der Waals surface area contributed by atoms with E-state index in [-0.39, 0.29) is 34.0 Å². The van der Waals surface area contributed by atoms with Gasteiger partial charge >= 0.3 is 0 Å². The van der Waals surface area contributed by atoms with Crippen LogP contribution in [0.2, 0.25) is 5.02 Å². The van der Waals surface area contributed by atoms with Crippen molar-refractivity contribution >= 4 is 39.9 Å². The number of hydrogen-bond donors (Lipinski definition) is 1. The predicted molar refractivity (Wildman–Crippen MR) is 86.4 cm³/mol. The molecule has 1 N–H and O–H groups in total. The number of nitrogens with one attached hydrogen (secondary N) is 1. The molecule has 3 aromatic rings. The molecule has 0 aliphatic rings. The number of hydrogen-bond acceptors (Lipinski definition) is 4. The van der Waals surface area contributed by atoms with Crippen molar-refractivity contribution in [2.45, 2.75) is 6.54 Å². The van der Waals surface area contributed by atoms with Gasteiger partial charge in [-0.15, -0.1) is 0 Å². The molecule has 0 saturated carbocycles. The zero-order chi connectivity index (χ0) is 18.1. The molecule has 2 aromatic carbocycles. The molecule has 0 radical (unpaired) electrons. The Kier molecular flexibility index (Phi) is 4.32. The number of anilines is 1. The third-order valence-electron chi connectivity index (χ3n) is 3.40. The molecule has 1 aromatic heterocycles. The van der Waals surface area contributed by atoms with Gasteiger partial charge in [0.2, 0.25) is 5.91 Å². The molecule has 0 fully saturated rings. The van der Waals surface area contributed by atoms with Crippen LogP contribution in [-0.4, -0.2) is 20.4 Å². The standard InChI is InChI=1S/C15H9ClF2N4O3/c16-9-2-1-8(3-13(9)22(24)25)20-15(23)6-21-7-19-12-4-10(17)11(18)5-14(12)21/h1-5,7H,6H2,(H,20,23). The fraction of sp³-hybridized carbons (Fsp3) is 0.0667. The van der Waals surface area contributed by atoms with Crippen LogP contribution >= 0.6 is 11.6 Å². The number of benzene rings is 2. The van der Waals surface area contributed by atoms with Gasteiger partial charge in [0.05, 0.1) is 22.3 Å². The summed E-state index contributed by atoms with van der Waals surface area (Å²) in [6.45, 7) is -0.238. The zero-order valence-corrected chi connectivity index (χ0v) is 13.1. The van der Waals surface area contributed by atoms with Crippen molar-refractivity contribution in [1.82, 2.24) is 9.55 Å². The summed E-state index contributed by atoms with van der Waals surface area (Å²) in [7, 11) is 0. The van der Waals surface area contributed by atoms with E-state index < -0.39 is 22.5 Å². The molecule has 25 heavy (non-hydrogen) atoms. The van der Waals surface area contributed by atoms with Crippen molar-refractivity contribution in [2.75, 3.05) is 5.32 Å². The van der Waals surface area contributed by atoms with E-state index in [9.17, 15) is 23.7 Å². The number of imidazole rings is 1. The van der Waals surface area contributed by atoms with E-state index in [1.54, 1.807) is 0 Å². The Morgan fingerprint density at radius 1 is 1.28 bits per heavy atom. The topological polar surface area (TPSA) is 90.1 Å². The Bertz CT molecular complexity index is 1010. The molecule has 7 nitrogen and oxygen atoms in total. The van der Waals surface area contributed by atoms with Gasteiger partial charge in [0.25, 0.3) is 5.69 Å². The largest absolute Gasteiger partial charge is 0.324 e. The van der Waals surface area contributed by atoms with Crippen LogP contribution in [0.15, 0.2) is 36.7 Å². The van der Waals surface area contributed by atoms with Crippen LogP contribution in [-0.2, 0) is 11.3 Å². The highest BCUT2D eigenvalue weighted by Crippen LogP contribution is 2.27. The number of carbonyl (C=O) groups is 1. The molecule has 10 heteroatoms. The summed E-state index contributed by atoms with van der Waals surface area (Å²) in [5, 5.41) is 13.3. The van der Waals surface area contributed by atoms with Crippen LogP contribution in [0, 0.1) is 21.7 Å². The van der Waals surface area contributed by atoms with Crippen molar-refractivity contribution < 1.29 is 18.5 Å². The highest BCUT2D eigenvalue weighted by Gasteiger charge is 2.15. The number of halogens is 3. The summed E-state index contributed by atoms with van der Waals surface area (Å²) in [4.78, 5) is 26.2. The molecular weight excluding hydrogens is 358 g/mol. The fourth-order valence-electron chi connectivity index (χ4n) is 2.26. The third-order valence-corrected chi connectivity index (χ3v) is 3.72. The molecule has 128 valence electrons. The van der Waals surface area contributed by atoms with E-state index in [4.69, 9.17) is 11.6 Å². The minimum atomic E-state index is -1.05. The maximum Gasteiger partial charge on any atom is 0.289 e. The predicted octanol–water partition coefficient (Wildman–Crippen LogP) is 3.51.